The van der Waals surface area contributed by atoms with E-state index >= 15 is 0 Å². The maximum atomic E-state index is 11.8. The van der Waals surface area contributed by atoms with Crippen LogP contribution < -0.4 is 5.32 Å². The smallest absolute Gasteiger partial charge is 0.237 e. The lowest BCUT2D eigenvalue weighted by Gasteiger charge is -2.22. The molecular formula is C15H20N2O2S. The van der Waals surface area contributed by atoms with Crippen molar-refractivity contribution in [1.82, 2.24) is 10.2 Å². The Bertz CT molecular complexity index is 515. The number of hydrogen-bond acceptors (Lipinski definition) is 4. The van der Waals surface area contributed by atoms with E-state index in [9.17, 15) is 4.79 Å². The van der Waals surface area contributed by atoms with E-state index in [4.69, 9.17) is 5.11 Å². The number of nitrogens with zero attached hydrogens (tertiary/aromatic N) is 1. The Morgan fingerprint density at radius 2 is 2.50 bits per heavy atom. The van der Waals surface area contributed by atoms with Crippen molar-refractivity contribution in [3.8, 4) is 11.8 Å². The van der Waals surface area contributed by atoms with E-state index in [1.54, 1.807) is 18.4 Å². The highest BCUT2D eigenvalue weighted by molar-refractivity contribution is 7.10. The number of carbonyl (C=O) groups excluding carboxylic acids is 1. The molecule has 1 amide bonds. The molecule has 0 spiro atoms. The summed E-state index contributed by atoms with van der Waals surface area (Å²) in [5.74, 6) is 6.16. The number of aliphatic hydroxyl groups is 1. The minimum Gasteiger partial charge on any atom is -0.395 e. The molecule has 5 heteroatoms. The monoisotopic (exact) mass is 292 g/mol. The van der Waals surface area contributed by atoms with E-state index in [-0.39, 0.29) is 18.6 Å². The first-order chi connectivity index (χ1) is 9.76. The number of likely N-dealkylation sites (tertiary alicyclic amines) is 1. The van der Waals surface area contributed by atoms with Crippen LogP contribution >= 0.6 is 11.3 Å². The van der Waals surface area contributed by atoms with Gasteiger partial charge in [-0.25, -0.2) is 0 Å². The average molecular weight is 292 g/mol. The predicted octanol–water partition coefficient (Wildman–Crippen LogP) is 1.19. The molecule has 20 heavy (non-hydrogen) atoms. The zero-order valence-electron chi connectivity index (χ0n) is 11.7. The lowest BCUT2D eigenvalue weighted by Crippen LogP contribution is -2.41. The Labute approximate surface area is 123 Å². The fraction of sp³-hybridized carbons (Fsp3) is 0.533. The molecule has 1 fully saturated rings. The number of nitrogens with one attached hydrogen (secondary N) is 1. The van der Waals surface area contributed by atoms with Gasteiger partial charge in [-0.1, -0.05) is 11.8 Å². The lowest BCUT2D eigenvalue weighted by molar-refractivity contribution is -0.125. The third-order valence-electron chi connectivity index (χ3n) is 3.46. The summed E-state index contributed by atoms with van der Waals surface area (Å²) in [6.07, 6.45) is 2.49. The van der Waals surface area contributed by atoms with Crippen LogP contribution in [0.15, 0.2) is 11.4 Å². The van der Waals surface area contributed by atoms with Crippen LogP contribution in [0.3, 0.4) is 0 Å². The molecule has 1 aliphatic rings. The van der Waals surface area contributed by atoms with Gasteiger partial charge < -0.3 is 10.4 Å². The summed E-state index contributed by atoms with van der Waals surface area (Å²) in [6.45, 7) is 1.83. The highest BCUT2D eigenvalue weighted by atomic mass is 32.1. The number of thiophene rings is 1. The van der Waals surface area contributed by atoms with E-state index in [1.807, 2.05) is 11.4 Å². The number of carbonyl (C=O) groups is 1. The molecule has 0 aromatic carbocycles. The molecule has 0 aliphatic carbocycles. The fourth-order valence-electron chi connectivity index (χ4n) is 2.45. The van der Waals surface area contributed by atoms with E-state index in [0.717, 1.165) is 31.5 Å². The standard InChI is InChI=1S/C15H20N2O2S/c1-16-15(19)13-6-4-8-17(13)11-14-12(7-10-20-14)5-2-3-9-18/h7,10,13,18H,3-4,6,8-9,11H2,1H3,(H,16,19). The van der Waals surface area contributed by atoms with Crippen LogP contribution in [0.5, 0.6) is 0 Å². The molecule has 4 nitrogen and oxygen atoms in total. The van der Waals surface area contributed by atoms with Crippen LogP contribution in [0.4, 0.5) is 0 Å². The van der Waals surface area contributed by atoms with E-state index in [1.165, 1.54) is 4.88 Å². The summed E-state index contributed by atoms with van der Waals surface area (Å²) >= 11 is 1.68. The van der Waals surface area contributed by atoms with Crippen molar-refractivity contribution in [3.05, 3.63) is 21.9 Å². The van der Waals surface area contributed by atoms with Gasteiger partial charge in [0.1, 0.15) is 0 Å². The molecule has 1 atom stereocenters. The Morgan fingerprint density at radius 3 is 3.25 bits per heavy atom. The summed E-state index contributed by atoms with van der Waals surface area (Å²) in [4.78, 5) is 15.3. The van der Waals surface area contributed by atoms with Gasteiger partial charge >= 0.3 is 0 Å². The summed E-state index contributed by atoms with van der Waals surface area (Å²) in [5.41, 5.74) is 1.02. The van der Waals surface area contributed by atoms with Crippen molar-refractivity contribution < 1.29 is 9.90 Å². The first-order valence-electron chi connectivity index (χ1n) is 6.88. The number of rotatable bonds is 4. The number of likely N-dealkylation sites (N-methyl/N-ethyl adjacent to an activating group) is 1. The quantitative estimate of drug-likeness (QED) is 0.820. The fourth-order valence-corrected chi connectivity index (χ4v) is 3.31. The molecule has 1 aliphatic heterocycles. The van der Waals surface area contributed by atoms with Crippen LogP contribution in [0.2, 0.25) is 0 Å². The van der Waals surface area contributed by atoms with Crippen molar-refractivity contribution >= 4 is 17.2 Å². The second kappa shape index (κ2) is 7.44. The second-order valence-corrected chi connectivity index (χ2v) is 5.78. The molecule has 0 radical (unpaired) electrons. The molecule has 2 heterocycles. The molecule has 1 saturated heterocycles. The Balaban J connectivity index is 2.05. The molecule has 108 valence electrons. The number of aliphatic hydroxyl groups excluding tert-OH is 1. The van der Waals surface area contributed by atoms with Crippen LogP contribution in [-0.4, -0.2) is 42.2 Å². The van der Waals surface area contributed by atoms with Crippen molar-refractivity contribution in [2.75, 3.05) is 20.2 Å². The normalized spacial score (nSPS) is 18.6. The molecule has 2 N–H and O–H groups in total. The zero-order chi connectivity index (χ0) is 14.4. The minimum absolute atomic E-state index is 0.0136. The van der Waals surface area contributed by atoms with Gasteiger partial charge in [0.05, 0.1) is 12.6 Å². The zero-order valence-corrected chi connectivity index (χ0v) is 12.5. The maximum Gasteiger partial charge on any atom is 0.237 e. The summed E-state index contributed by atoms with van der Waals surface area (Å²) in [6, 6.07) is 2.00. The van der Waals surface area contributed by atoms with Gasteiger partial charge in [-0.3, -0.25) is 9.69 Å². The van der Waals surface area contributed by atoms with Crippen molar-refractivity contribution in [2.45, 2.75) is 31.8 Å². The number of hydrogen-bond donors (Lipinski definition) is 2. The van der Waals surface area contributed by atoms with Crippen LogP contribution in [-0.2, 0) is 11.3 Å². The van der Waals surface area contributed by atoms with Crippen molar-refractivity contribution in [1.29, 1.82) is 0 Å². The Morgan fingerprint density at radius 1 is 1.65 bits per heavy atom. The van der Waals surface area contributed by atoms with Gasteiger partial charge in [-0.15, -0.1) is 11.3 Å². The largest absolute Gasteiger partial charge is 0.395 e. The number of amides is 1. The van der Waals surface area contributed by atoms with Crippen LogP contribution in [0, 0.1) is 11.8 Å². The minimum atomic E-state index is -0.0136. The molecular weight excluding hydrogens is 272 g/mol. The van der Waals surface area contributed by atoms with Crippen molar-refractivity contribution in [2.24, 2.45) is 0 Å². The Hall–Kier alpha value is -1.35. The van der Waals surface area contributed by atoms with E-state index in [0.29, 0.717) is 6.42 Å². The highest BCUT2D eigenvalue weighted by Gasteiger charge is 2.30. The second-order valence-electron chi connectivity index (χ2n) is 4.78. The predicted molar refractivity (Wildman–Crippen MR) is 80.4 cm³/mol. The molecule has 1 unspecified atom stereocenters. The van der Waals surface area contributed by atoms with Crippen LogP contribution in [0.25, 0.3) is 0 Å². The van der Waals surface area contributed by atoms with Gasteiger partial charge in [0, 0.05) is 30.5 Å². The van der Waals surface area contributed by atoms with Gasteiger partial charge in [0.2, 0.25) is 5.91 Å². The molecule has 2 rings (SSSR count). The topological polar surface area (TPSA) is 52.6 Å². The van der Waals surface area contributed by atoms with Gasteiger partial charge in [0.15, 0.2) is 0 Å². The maximum absolute atomic E-state index is 11.8. The van der Waals surface area contributed by atoms with Crippen molar-refractivity contribution in [3.63, 3.8) is 0 Å². The SMILES string of the molecule is CNC(=O)C1CCCN1Cc1sccc1C#CCCO. The molecule has 1 aromatic heterocycles. The van der Waals surface area contributed by atoms with Gasteiger partial charge in [-0.2, -0.15) is 0 Å². The molecule has 1 aromatic rings. The van der Waals surface area contributed by atoms with E-state index in [2.05, 4.69) is 22.1 Å². The average Bonchev–Trinajstić information content (AvgIpc) is 3.09. The first kappa shape index (κ1) is 15.0. The van der Waals surface area contributed by atoms with Crippen LogP contribution in [0.1, 0.15) is 29.7 Å². The highest BCUT2D eigenvalue weighted by Crippen LogP contribution is 2.24. The van der Waals surface area contributed by atoms with Gasteiger partial charge in [0.25, 0.3) is 0 Å². The van der Waals surface area contributed by atoms with E-state index < -0.39 is 0 Å². The summed E-state index contributed by atoms with van der Waals surface area (Å²) in [5, 5.41) is 13.5. The summed E-state index contributed by atoms with van der Waals surface area (Å²) in [7, 11) is 1.69. The Kier molecular flexibility index (Phi) is 5.60. The summed E-state index contributed by atoms with van der Waals surface area (Å²) < 4.78 is 0. The van der Waals surface area contributed by atoms with Gasteiger partial charge in [-0.05, 0) is 30.8 Å². The third kappa shape index (κ3) is 3.60. The molecule has 0 bridgehead atoms. The third-order valence-corrected chi connectivity index (χ3v) is 4.37. The molecule has 0 saturated carbocycles. The first-order valence-corrected chi connectivity index (χ1v) is 7.76. The lowest BCUT2D eigenvalue weighted by atomic mass is 10.2.